The topological polar surface area (TPSA) is 41.1 Å². The molecule has 110 valence electrons. The van der Waals surface area contributed by atoms with Gasteiger partial charge in [0.2, 0.25) is 0 Å². The highest BCUT2D eigenvalue weighted by Crippen LogP contribution is 2.12. The van der Waals surface area contributed by atoms with Crippen LogP contribution in [0, 0.1) is 5.82 Å². The van der Waals surface area contributed by atoms with Crippen LogP contribution in [0.2, 0.25) is 0 Å². The standard InChI is InChI=1S/C17H19FN2O/c1-2-10-19-12-13-6-8-16(9-7-13)20-17(21)14-4-3-5-15(18)11-14/h3-9,11,19H,2,10,12H2,1H3,(H,20,21). The normalized spacial score (nSPS) is 10.4. The Morgan fingerprint density at radius 2 is 1.90 bits per heavy atom. The van der Waals surface area contributed by atoms with Gasteiger partial charge < -0.3 is 10.6 Å². The lowest BCUT2D eigenvalue weighted by molar-refractivity contribution is 0.102. The number of benzene rings is 2. The van der Waals surface area contributed by atoms with Gasteiger partial charge in [-0.15, -0.1) is 0 Å². The second-order valence-corrected chi connectivity index (χ2v) is 4.84. The second-order valence-electron chi connectivity index (χ2n) is 4.84. The van der Waals surface area contributed by atoms with Crippen LogP contribution < -0.4 is 10.6 Å². The molecule has 0 aliphatic carbocycles. The van der Waals surface area contributed by atoms with E-state index in [0.29, 0.717) is 11.3 Å². The predicted octanol–water partition coefficient (Wildman–Crippen LogP) is 3.58. The molecule has 1 amide bonds. The van der Waals surface area contributed by atoms with E-state index in [-0.39, 0.29) is 5.91 Å². The van der Waals surface area contributed by atoms with Crippen molar-refractivity contribution in [2.45, 2.75) is 19.9 Å². The van der Waals surface area contributed by atoms with Gasteiger partial charge in [-0.3, -0.25) is 4.79 Å². The molecule has 0 radical (unpaired) electrons. The molecule has 3 nitrogen and oxygen atoms in total. The van der Waals surface area contributed by atoms with Crippen molar-refractivity contribution in [1.29, 1.82) is 0 Å². The Hall–Kier alpha value is -2.20. The maximum absolute atomic E-state index is 13.1. The SMILES string of the molecule is CCCNCc1ccc(NC(=O)c2cccc(F)c2)cc1. The highest BCUT2D eigenvalue weighted by Gasteiger charge is 2.06. The van der Waals surface area contributed by atoms with E-state index in [9.17, 15) is 9.18 Å². The third-order valence-corrected chi connectivity index (χ3v) is 3.05. The molecular formula is C17H19FN2O. The van der Waals surface area contributed by atoms with Crippen molar-refractivity contribution in [2.24, 2.45) is 0 Å². The van der Waals surface area contributed by atoms with Crippen molar-refractivity contribution >= 4 is 11.6 Å². The summed E-state index contributed by atoms with van der Waals surface area (Å²) in [6, 6.07) is 13.3. The van der Waals surface area contributed by atoms with E-state index in [1.807, 2.05) is 24.3 Å². The van der Waals surface area contributed by atoms with Gasteiger partial charge in [0.1, 0.15) is 5.82 Å². The number of hydrogen-bond donors (Lipinski definition) is 2. The Bertz CT molecular complexity index is 596. The van der Waals surface area contributed by atoms with Crippen LogP contribution in [0.25, 0.3) is 0 Å². The summed E-state index contributed by atoms with van der Waals surface area (Å²) < 4.78 is 13.1. The summed E-state index contributed by atoms with van der Waals surface area (Å²) >= 11 is 0. The largest absolute Gasteiger partial charge is 0.322 e. The molecule has 0 spiro atoms. The number of anilines is 1. The third-order valence-electron chi connectivity index (χ3n) is 3.05. The average molecular weight is 286 g/mol. The Morgan fingerprint density at radius 3 is 2.57 bits per heavy atom. The highest BCUT2D eigenvalue weighted by atomic mass is 19.1. The second kappa shape index (κ2) is 7.55. The molecule has 2 aromatic rings. The number of carbonyl (C=O) groups excluding carboxylic acids is 1. The molecule has 2 N–H and O–H groups in total. The molecule has 2 aromatic carbocycles. The zero-order valence-corrected chi connectivity index (χ0v) is 12.0. The summed E-state index contributed by atoms with van der Waals surface area (Å²) in [6.45, 7) is 3.92. The van der Waals surface area contributed by atoms with Crippen LogP contribution in [0.4, 0.5) is 10.1 Å². The van der Waals surface area contributed by atoms with Crippen molar-refractivity contribution in [3.8, 4) is 0 Å². The Kier molecular flexibility index (Phi) is 5.46. The zero-order chi connectivity index (χ0) is 15.1. The number of amides is 1. The molecule has 0 unspecified atom stereocenters. The van der Waals surface area contributed by atoms with E-state index >= 15 is 0 Å². The third kappa shape index (κ3) is 4.68. The van der Waals surface area contributed by atoms with Crippen LogP contribution in [0.3, 0.4) is 0 Å². The van der Waals surface area contributed by atoms with Crippen molar-refractivity contribution in [3.05, 3.63) is 65.5 Å². The first-order chi connectivity index (χ1) is 10.2. The maximum atomic E-state index is 13.1. The number of halogens is 1. The van der Waals surface area contributed by atoms with Crippen LogP contribution in [-0.4, -0.2) is 12.5 Å². The van der Waals surface area contributed by atoms with Crippen molar-refractivity contribution in [1.82, 2.24) is 5.32 Å². The van der Waals surface area contributed by atoms with E-state index in [2.05, 4.69) is 17.6 Å². The fourth-order valence-corrected chi connectivity index (χ4v) is 1.95. The zero-order valence-electron chi connectivity index (χ0n) is 12.0. The summed E-state index contributed by atoms with van der Waals surface area (Å²) in [7, 11) is 0. The number of hydrogen-bond acceptors (Lipinski definition) is 2. The quantitative estimate of drug-likeness (QED) is 0.797. The van der Waals surface area contributed by atoms with Crippen LogP contribution >= 0.6 is 0 Å². The molecule has 4 heteroatoms. The molecule has 0 saturated carbocycles. The average Bonchev–Trinajstić information content (AvgIpc) is 2.49. The Balaban J connectivity index is 1.95. The van der Waals surface area contributed by atoms with E-state index < -0.39 is 5.82 Å². The first-order valence-electron chi connectivity index (χ1n) is 7.05. The van der Waals surface area contributed by atoms with Gasteiger partial charge in [0.15, 0.2) is 0 Å². The van der Waals surface area contributed by atoms with Gasteiger partial charge in [-0.25, -0.2) is 4.39 Å². The molecule has 0 atom stereocenters. The van der Waals surface area contributed by atoms with Gasteiger partial charge in [0.25, 0.3) is 5.91 Å². The fraction of sp³-hybridized carbons (Fsp3) is 0.235. The Morgan fingerprint density at radius 1 is 1.14 bits per heavy atom. The van der Waals surface area contributed by atoms with E-state index in [1.165, 1.54) is 18.2 Å². The van der Waals surface area contributed by atoms with Crippen LogP contribution in [0.1, 0.15) is 29.3 Å². The molecule has 0 bridgehead atoms. The first kappa shape index (κ1) is 15.2. The lowest BCUT2D eigenvalue weighted by atomic mass is 10.1. The molecule has 0 aromatic heterocycles. The summed E-state index contributed by atoms with van der Waals surface area (Å²) in [6.07, 6.45) is 1.10. The summed E-state index contributed by atoms with van der Waals surface area (Å²) in [5.41, 5.74) is 2.17. The molecule has 0 saturated heterocycles. The minimum atomic E-state index is -0.417. The monoisotopic (exact) mass is 286 g/mol. The number of carbonyl (C=O) groups is 1. The van der Waals surface area contributed by atoms with Gasteiger partial charge in [-0.2, -0.15) is 0 Å². The Labute approximate surface area is 124 Å². The molecule has 0 aliphatic heterocycles. The highest BCUT2D eigenvalue weighted by molar-refractivity contribution is 6.04. The first-order valence-corrected chi connectivity index (χ1v) is 7.05. The van der Waals surface area contributed by atoms with E-state index in [0.717, 1.165) is 25.1 Å². The fourth-order valence-electron chi connectivity index (χ4n) is 1.95. The van der Waals surface area contributed by atoms with Crippen LogP contribution in [0.15, 0.2) is 48.5 Å². The lowest BCUT2D eigenvalue weighted by Crippen LogP contribution is -2.14. The summed E-state index contributed by atoms with van der Waals surface area (Å²) in [5.74, 6) is -0.730. The minimum absolute atomic E-state index is 0.309. The molecule has 0 fully saturated rings. The van der Waals surface area contributed by atoms with E-state index in [1.54, 1.807) is 6.07 Å². The number of rotatable bonds is 6. The van der Waals surface area contributed by atoms with E-state index in [4.69, 9.17) is 0 Å². The van der Waals surface area contributed by atoms with Gasteiger partial charge in [0, 0.05) is 17.8 Å². The van der Waals surface area contributed by atoms with Crippen molar-refractivity contribution in [3.63, 3.8) is 0 Å². The lowest BCUT2D eigenvalue weighted by Gasteiger charge is -2.07. The molecular weight excluding hydrogens is 267 g/mol. The molecule has 0 aliphatic rings. The van der Waals surface area contributed by atoms with Crippen molar-refractivity contribution < 1.29 is 9.18 Å². The van der Waals surface area contributed by atoms with Gasteiger partial charge in [0.05, 0.1) is 0 Å². The van der Waals surface area contributed by atoms with Crippen molar-refractivity contribution in [2.75, 3.05) is 11.9 Å². The van der Waals surface area contributed by atoms with Crippen LogP contribution in [0.5, 0.6) is 0 Å². The maximum Gasteiger partial charge on any atom is 0.255 e. The van der Waals surface area contributed by atoms with Gasteiger partial charge in [-0.05, 0) is 48.9 Å². The smallest absolute Gasteiger partial charge is 0.255 e. The summed E-state index contributed by atoms with van der Waals surface area (Å²) in [5, 5.41) is 6.07. The van der Waals surface area contributed by atoms with Gasteiger partial charge in [-0.1, -0.05) is 25.1 Å². The molecule has 21 heavy (non-hydrogen) atoms. The summed E-state index contributed by atoms with van der Waals surface area (Å²) in [4.78, 5) is 12.0. The number of nitrogens with one attached hydrogen (secondary N) is 2. The van der Waals surface area contributed by atoms with Gasteiger partial charge >= 0.3 is 0 Å². The molecule has 0 heterocycles. The molecule has 2 rings (SSSR count). The predicted molar refractivity (Wildman–Crippen MR) is 82.8 cm³/mol. The van der Waals surface area contributed by atoms with Crippen LogP contribution in [-0.2, 0) is 6.54 Å². The minimum Gasteiger partial charge on any atom is -0.322 e.